The summed E-state index contributed by atoms with van der Waals surface area (Å²) in [4.78, 5) is 8.65. The molecule has 20 heavy (non-hydrogen) atoms. The first-order valence-electron chi connectivity index (χ1n) is 5.95. The van der Waals surface area contributed by atoms with E-state index >= 15 is 0 Å². The number of rotatable bonds is 2. The van der Waals surface area contributed by atoms with E-state index in [1.165, 1.54) is 0 Å². The number of nitrogens with zero attached hydrogens (tertiary/aromatic N) is 4. The smallest absolute Gasteiger partial charge is 0.180 e. The van der Waals surface area contributed by atoms with Crippen LogP contribution in [0.1, 0.15) is 11.1 Å². The fraction of sp³-hybridized carbons (Fsp3) is 0.0714. The van der Waals surface area contributed by atoms with E-state index in [4.69, 9.17) is 0 Å². The predicted octanol–water partition coefficient (Wildman–Crippen LogP) is 3.42. The Morgan fingerprint density at radius 2 is 2.25 bits per heavy atom. The molecule has 5 nitrogen and oxygen atoms in total. The van der Waals surface area contributed by atoms with Gasteiger partial charge in [-0.15, -0.1) is 0 Å². The van der Waals surface area contributed by atoms with Gasteiger partial charge in [-0.2, -0.15) is 5.26 Å². The zero-order chi connectivity index (χ0) is 14.1. The van der Waals surface area contributed by atoms with E-state index in [-0.39, 0.29) is 0 Å². The third-order valence-electron chi connectivity index (χ3n) is 2.98. The molecule has 3 aromatic rings. The third-order valence-corrected chi connectivity index (χ3v) is 3.36. The van der Waals surface area contributed by atoms with E-state index in [2.05, 4.69) is 37.3 Å². The van der Waals surface area contributed by atoms with Crippen molar-refractivity contribution < 1.29 is 0 Å². The van der Waals surface area contributed by atoms with Crippen LogP contribution >= 0.6 is 15.9 Å². The van der Waals surface area contributed by atoms with Crippen molar-refractivity contribution in [2.45, 2.75) is 6.92 Å². The highest BCUT2D eigenvalue weighted by Crippen LogP contribution is 2.25. The van der Waals surface area contributed by atoms with Crippen molar-refractivity contribution in [1.29, 1.82) is 5.26 Å². The molecule has 0 saturated carbocycles. The Hall–Kier alpha value is -2.39. The highest BCUT2D eigenvalue weighted by atomic mass is 79.9. The molecule has 6 heteroatoms. The Kier molecular flexibility index (Phi) is 3.12. The SMILES string of the molecule is Cc1cccc(Nc2nc(Br)cn3ccnc23)c1C#N. The fourth-order valence-electron chi connectivity index (χ4n) is 2.03. The lowest BCUT2D eigenvalue weighted by molar-refractivity contribution is 1.10. The van der Waals surface area contributed by atoms with Gasteiger partial charge in [0.1, 0.15) is 10.7 Å². The summed E-state index contributed by atoms with van der Waals surface area (Å²) in [5, 5.41) is 12.5. The minimum Gasteiger partial charge on any atom is -0.336 e. The number of fused-ring (bicyclic) bond motifs is 1. The van der Waals surface area contributed by atoms with Gasteiger partial charge in [-0.05, 0) is 34.5 Å². The molecule has 0 spiro atoms. The van der Waals surface area contributed by atoms with Crippen LogP contribution in [0.5, 0.6) is 0 Å². The minimum atomic E-state index is 0.603. The van der Waals surface area contributed by atoms with E-state index in [0.29, 0.717) is 21.6 Å². The normalized spacial score (nSPS) is 10.4. The molecular formula is C14H10BrN5. The molecule has 0 atom stereocenters. The maximum absolute atomic E-state index is 9.26. The average molecular weight is 328 g/mol. The molecule has 0 aliphatic carbocycles. The molecule has 0 aliphatic heterocycles. The summed E-state index contributed by atoms with van der Waals surface area (Å²) in [6.45, 7) is 1.91. The summed E-state index contributed by atoms with van der Waals surface area (Å²) in [7, 11) is 0. The van der Waals surface area contributed by atoms with Crippen LogP contribution in [-0.4, -0.2) is 14.4 Å². The van der Waals surface area contributed by atoms with Crippen LogP contribution < -0.4 is 5.32 Å². The number of anilines is 2. The summed E-state index contributed by atoms with van der Waals surface area (Å²) in [6, 6.07) is 7.87. The number of aromatic nitrogens is 3. The first-order chi connectivity index (χ1) is 9.69. The molecular weight excluding hydrogens is 318 g/mol. The standard InChI is InChI=1S/C14H10BrN5/c1-9-3-2-4-11(10(9)7-16)18-13-14-17-5-6-20(14)8-12(15)19-13/h2-6,8H,1H3,(H,18,19). The summed E-state index contributed by atoms with van der Waals surface area (Å²) in [5.74, 6) is 0.603. The van der Waals surface area contributed by atoms with Gasteiger partial charge in [0.15, 0.2) is 11.5 Å². The summed E-state index contributed by atoms with van der Waals surface area (Å²) < 4.78 is 2.55. The average Bonchev–Trinajstić information content (AvgIpc) is 2.87. The molecule has 0 radical (unpaired) electrons. The van der Waals surface area contributed by atoms with Gasteiger partial charge in [-0.1, -0.05) is 12.1 Å². The molecule has 1 aromatic carbocycles. The van der Waals surface area contributed by atoms with Gasteiger partial charge in [-0.3, -0.25) is 0 Å². The molecule has 3 rings (SSSR count). The summed E-state index contributed by atoms with van der Waals surface area (Å²) in [5.41, 5.74) is 2.97. The molecule has 0 bridgehead atoms. The molecule has 2 aromatic heterocycles. The lowest BCUT2D eigenvalue weighted by atomic mass is 10.1. The molecule has 0 unspecified atom stereocenters. The van der Waals surface area contributed by atoms with Gasteiger partial charge >= 0.3 is 0 Å². The van der Waals surface area contributed by atoms with Gasteiger partial charge in [0.25, 0.3) is 0 Å². The van der Waals surface area contributed by atoms with Gasteiger partial charge in [0, 0.05) is 18.6 Å². The largest absolute Gasteiger partial charge is 0.336 e. The van der Waals surface area contributed by atoms with Crippen molar-refractivity contribution >= 4 is 33.1 Å². The quantitative estimate of drug-likeness (QED) is 0.783. The monoisotopic (exact) mass is 327 g/mol. The topological polar surface area (TPSA) is 66.0 Å². The summed E-state index contributed by atoms with van der Waals surface area (Å²) in [6.07, 6.45) is 5.37. The van der Waals surface area contributed by atoms with Crippen LogP contribution in [0.15, 0.2) is 41.4 Å². The first kappa shape index (κ1) is 12.6. The van der Waals surface area contributed by atoms with Crippen molar-refractivity contribution in [3.63, 3.8) is 0 Å². The summed E-state index contributed by atoms with van der Waals surface area (Å²) >= 11 is 3.37. The lowest BCUT2D eigenvalue weighted by Gasteiger charge is -2.10. The van der Waals surface area contributed by atoms with Crippen LogP contribution in [0, 0.1) is 18.3 Å². The Balaban J connectivity index is 2.13. The van der Waals surface area contributed by atoms with Crippen LogP contribution in [0.3, 0.4) is 0 Å². The molecule has 0 amide bonds. The third kappa shape index (κ3) is 2.12. The van der Waals surface area contributed by atoms with Crippen LogP contribution in [0.25, 0.3) is 5.65 Å². The number of aryl methyl sites for hydroxylation is 1. The van der Waals surface area contributed by atoms with E-state index in [1.807, 2.05) is 41.9 Å². The number of benzene rings is 1. The highest BCUT2D eigenvalue weighted by Gasteiger charge is 2.10. The van der Waals surface area contributed by atoms with E-state index in [9.17, 15) is 5.26 Å². The number of nitriles is 1. The zero-order valence-electron chi connectivity index (χ0n) is 10.6. The predicted molar refractivity (Wildman–Crippen MR) is 79.9 cm³/mol. The Labute approximate surface area is 124 Å². The number of hydrogen-bond donors (Lipinski definition) is 1. The zero-order valence-corrected chi connectivity index (χ0v) is 12.2. The highest BCUT2D eigenvalue weighted by molar-refractivity contribution is 9.10. The Morgan fingerprint density at radius 3 is 3.05 bits per heavy atom. The number of hydrogen-bond acceptors (Lipinski definition) is 4. The fourth-order valence-corrected chi connectivity index (χ4v) is 2.43. The van der Waals surface area contributed by atoms with Crippen molar-refractivity contribution in [2.24, 2.45) is 0 Å². The van der Waals surface area contributed by atoms with E-state index in [0.717, 1.165) is 11.3 Å². The molecule has 1 N–H and O–H groups in total. The Bertz CT molecular complexity index is 831. The molecule has 98 valence electrons. The number of nitrogens with one attached hydrogen (secondary N) is 1. The van der Waals surface area contributed by atoms with Gasteiger partial charge in [-0.25, -0.2) is 9.97 Å². The molecule has 0 aliphatic rings. The first-order valence-corrected chi connectivity index (χ1v) is 6.74. The second-order valence-electron chi connectivity index (χ2n) is 4.30. The Morgan fingerprint density at radius 1 is 1.40 bits per heavy atom. The van der Waals surface area contributed by atoms with Crippen LogP contribution in [0.4, 0.5) is 11.5 Å². The second kappa shape index (κ2) is 4.94. The minimum absolute atomic E-state index is 0.603. The maximum Gasteiger partial charge on any atom is 0.180 e. The van der Waals surface area contributed by atoms with Gasteiger partial charge in [0.05, 0.1) is 11.3 Å². The van der Waals surface area contributed by atoms with Crippen molar-refractivity contribution in [3.05, 3.63) is 52.5 Å². The number of imidazole rings is 1. The van der Waals surface area contributed by atoms with Crippen molar-refractivity contribution in [2.75, 3.05) is 5.32 Å². The maximum atomic E-state index is 9.26. The molecule has 2 heterocycles. The van der Waals surface area contributed by atoms with Gasteiger partial charge in [0.2, 0.25) is 0 Å². The lowest BCUT2D eigenvalue weighted by Crippen LogP contribution is -2.01. The molecule has 0 fully saturated rings. The van der Waals surface area contributed by atoms with E-state index < -0.39 is 0 Å². The number of halogens is 1. The molecule has 0 saturated heterocycles. The van der Waals surface area contributed by atoms with Crippen molar-refractivity contribution in [3.8, 4) is 6.07 Å². The van der Waals surface area contributed by atoms with Crippen molar-refractivity contribution in [1.82, 2.24) is 14.4 Å². The van der Waals surface area contributed by atoms with Gasteiger partial charge < -0.3 is 9.72 Å². The second-order valence-corrected chi connectivity index (χ2v) is 5.12. The van der Waals surface area contributed by atoms with Crippen LogP contribution in [-0.2, 0) is 0 Å². The van der Waals surface area contributed by atoms with E-state index in [1.54, 1.807) is 6.20 Å². The van der Waals surface area contributed by atoms with Crippen LogP contribution in [0.2, 0.25) is 0 Å².